The maximum atomic E-state index is 11.4. The van der Waals surface area contributed by atoms with Gasteiger partial charge in [-0.15, -0.1) is 0 Å². The van der Waals surface area contributed by atoms with Crippen LogP contribution >= 0.6 is 11.6 Å². The molecule has 0 spiro atoms. The van der Waals surface area contributed by atoms with Crippen LogP contribution in [-0.2, 0) is 6.54 Å². The number of benzene rings is 2. The molecule has 0 saturated carbocycles. The topological polar surface area (TPSA) is 75.1 Å². The molecular weight excluding hydrogens is 314 g/mol. The molecule has 3 aromatic rings. The zero-order chi connectivity index (χ0) is 16.4. The fourth-order valence-corrected chi connectivity index (χ4v) is 2.58. The van der Waals surface area contributed by atoms with Crippen molar-refractivity contribution in [1.29, 1.82) is 0 Å². The van der Waals surface area contributed by atoms with Gasteiger partial charge in [0.1, 0.15) is 5.82 Å². The summed E-state index contributed by atoms with van der Waals surface area (Å²) in [6, 6.07) is 12.8. The summed E-state index contributed by atoms with van der Waals surface area (Å²) >= 11 is 5.95. The predicted octanol–water partition coefficient (Wildman–Crippen LogP) is 3.90. The van der Waals surface area contributed by atoms with E-state index < -0.39 is 5.97 Å². The van der Waals surface area contributed by atoms with E-state index >= 15 is 0 Å². The summed E-state index contributed by atoms with van der Waals surface area (Å²) in [5, 5.41) is 13.5. The van der Waals surface area contributed by atoms with E-state index in [0.29, 0.717) is 17.9 Å². The van der Waals surface area contributed by atoms with E-state index in [0.717, 1.165) is 16.5 Å². The Balaban J connectivity index is 1.94. The van der Waals surface area contributed by atoms with Crippen LogP contribution in [0, 0.1) is 6.92 Å². The van der Waals surface area contributed by atoms with E-state index in [-0.39, 0.29) is 10.8 Å². The highest BCUT2D eigenvalue weighted by molar-refractivity contribution is 6.28. The zero-order valence-corrected chi connectivity index (χ0v) is 13.1. The quantitative estimate of drug-likeness (QED) is 0.711. The fraction of sp³-hybridized carbons (Fsp3) is 0.118. The van der Waals surface area contributed by atoms with Crippen molar-refractivity contribution in [1.82, 2.24) is 9.97 Å². The highest BCUT2D eigenvalue weighted by Crippen LogP contribution is 2.23. The molecule has 0 atom stereocenters. The molecule has 2 aromatic carbocycles. The summed E-state index contributed by atoms with van der Waals surface area (Å²) in [6.07, 6.45) is 0. The van der Waals surface area contributed by atoms with Crippen molar-refractivity contribution >= 4 is 34.3 Å². The molecule has 0 saturated heterocycles. The summed E-state index contributed by atoms with van der Waals surface area (Å²) in [4.78, 5) is 19.8. The largest absolute Gasteiger partial charge is 0.478 e. The molecule has 1 heterocycles. The SMILES string of the molecule is Cc1ccc(CNc2nc(Cl)nc3ccccc23)c(C(=O)O)c1. The molecule has 23 heavy (non-hydrogen) atoms. The van der Waals surface area contributed by atoms with Gasteiger partial charge < -0.3 is 10.4 Å². The van der Waals surface area contributed by atoms with Crippen molar-refractivity contribution < 1.29 is 9.90 Å². The number of carbonyl (C=O) groups is 1. The molecule has 0 fully saturated rings. The van der Waals surface area contributed by atoms with Gasteiger partial charge in [0, 0.05) is 11.9 Å². The Labute approximate surface area is 138 Å². The lowest BCUT2D eigenvalue weighted by Gasteiger charge is -2.11. The smallest absolute Gasteiger partial charge is 0.336 e. The first kappa shape index (κ1) is 15.2. The van der Waals surface area contributed by atoms with Crippen molar-refractivity contribution in [3.63, 3.8) is 0 Å². The molecule has 0 aliphatic heterocycles. The van der Waals surface area contributed by atoms with E-state index in [1.165, 1.54) is 0 Å². The Bertz CT molecular complexity index is 896. The number of aromatic nitrogens is 2. The molecule has 0 unspecified atom stereocenters. The highest BCUT2D eigenvalue weighted by atomic mass is 35.5. The number of nitrogens with zero attached hydrogens (tertiary/aromatic N) is 2. The minimum absolute atomic E-state index is 0.147. The number of fused-ring (bicyclic) bond motifs is 1. The van der Waals surface area contributed by atoms with Gasteiger partial charge in [0.05, 0.1) is 11.1 Å². The normalized spacial score (nSPS) is 10.7. The van der Waals surface area contributed by atoms with Crippen molar-refractivity contribution in [3.05, 3.63) is 64.4 Å². The van der Waals surface area contributed by atoms with Gasteiger partial charge in [0.25, 0.3) is 0 Å². The van der Waals surface area contributed by atoms with Crippen LogP contribution in [0.25, 0.3) is 10.9 Å². The number of anilines is 1. The Morgan fingerprint density at radius 3 is 2.78 bits per heavy atom. The number of hydrogen-bond donors (Lipinski definition) is 2. The summed E-state index contributed by atoms with van der Waals surface area (Å²) in [5.74, 6) is -0.367. The van der Waals surface area contributed by atoms with Crippen molar-refractivity contribution in [2.75, 3.05) is 5.32 Å². The van der Waals surface area contributed by atoms with Crippen LogP contribution in [-0.4, -0.2) is 21.0 Å². The highest BCUT2D eigenvalue weighted by Gasteiger charge is 2.11. The lowest BCUT2D eigenvalue weighted by Crippen LogP contribution is -2.09. The van der Waals surface area contributed by atoms with Gasteiger partial charge in [-0.05, 0) is 42.3 Å². The molecule has 116 valence electrons. The van der Waals surface area contributed by atoms with E-state index in [1.807, 2.05) is 37.3 Å². The minimum Gasteiger partial charge on any atom is -0.478 e. The molecule has 5 nitrogen and oxygen atoms in total. The molecule has 0 aliphatic rings. The fourth-order valence-electron chi connectivity index (χ4n) is 2.41. The van der Waals surface area contributed by atoms with Crippen LogP contribution in [0.3, 0.4) is 0 Å². The average molecular weight is 328 g/mol. The van der Waals surface area contributed by atoms with Gasteiger partial charge in [0.15, 0.2) is 0 Å². The van der Waals surface area contributed by atoms with Gasteiger partial charge in [-0.1, -0.05) is 29.8 Å². The first-order valence-corrected chi connectivity index (χ1v) is 7.41. The Hall–Kier alpha value is -2.66. The van der Waals surface area contributed by atoms with Gasteiger partial charge in [-0.3, -0.25) is 0 Å². The van der Waals surface area contributed by atoms with Crippen molar-refractivity contribution in [2.45, 2.75) is 13.5 Å². The number of carboxylic acids is 1. The number of para-hydroxylation sites is 1. The molecule has 6 heteroatoms. The standard InChI is InChI=1S/C17H14ClN3O2/c1-10-6-7-11(13(8-10)16(22)23)9-19-15-12-4-2-3-5-14(12)20-17(18)21-15/h2-8H,9H2,1H3,(H,22,23)(H,19,20,21). The Morgan fingerprint density at radius 1 is 1.22 bits per heavy atom. The molecule has 0 radical (unpaired) electrons. The maximum absolute atomic E-state index is 11.4. The maximum Gasteiger partial charge on any atom is 0.336 e. The van der Waals surface area contributed by atoms with Crippen LogP contribution in [0.2, 0.25) is 5.28 Å². The monoisotopic (exact) mass is 327 g/mol. The van der Waals surface area contributed by atoms with E-state index in [1.54, 1.807) is 12.1 Å². The molecule has 0 amide bonds. The average Bonchev–Trinajstić information content (AvgIpc) is 2.53. The van der Waals surface area contributed by atoms with E-state index in [9.17, 15) is 9.90 Å². The van der Waals surface area contributed by atoms with Gasteiger partial charge in [-0.25, -0.2) is 14.8 Å². The third kappa shape index (κ3) is 3.24. The van der Waals surface area contributed by atoms with Gasteiger partial charge >= 0.3 is 5.97 Å². The zero-order valence-electron chi connectivity index (χ0n) is 12.4. The molecule has 3 rings (SSSR count). The van der Waals surface area contributed by atoms with Crippen LogP contribution in [0.4, 0.5) is 5.82 Å². The van der Waals surface area contributed by atoms with E-state index in [2.05, 4.69) is 15.3 Å². The third-order valence-electron chi connectivity index (χ3n) is 3.52. The second-order valence-corrected chi connectivity index (χ2v) is 5.52. The lowest BCUT2D eigenvalue weighted by molar-refractivity contribution is 0.0695. The summed E-state index contributed by atoms with van der Waals surface area (Å²) in [7, 11) is 0. The number of nitrogens with one attached hydrogen (secondary N) is 1. The third-order valence-corrected chi connectivity index (χ3v) is 3.69. The molecule has 1 aromatic heterocycles. The number of halogens is 1. The first-order valence-electron chi connectivity index (χ1n) is 7.03. The number of carboxylic acid groups (broad SMARTS) is 1. The summed E-state index contributed by atoms with van der Waals surface area (Å²) in [5.41, 5.74) is 2.60. The van der Waals surface area contributed by atoms with E-state index in [4.69, 9.17) is 11.6 Å². The second-order valence-electron chi connectivity index (χ2n) is 5.18. The first-order chi connectivity index (χ1) is 11.0. The summed E-state index contributed by atoms with van der Waals surface area (Å²) in [6.45, 7) is 2.20. The lowest BCUT2D eigenvalue weighted by atomic mass is 10.0. The van der Waals surface area contributed by atoms with Crippen LogP contribution in [0.5, 0.6) is 0 Å². The molecule has 0 bridgehead atoms. The van der Waals surface area contributed by atoms with Gasteiger partial charge in [0.2, 0.25) is 5.28 Å². The van der Waals surface area contributed by atoms with Crippen LogP contribution in [0.15, 0.2) is 42.5 Å². The molecule has 0 aliphatic carbocycles. The molecular formula is C17H14ClN3O2. The number of aryl methyl sites for hydroxylation is 1. The van der Waals surface area contributed by atoms with Crippen LogP contribution < -0.4 is 5.32 Å². The predicted molar refractivity (Wildman–Crippen MR) is 90.0 cm³/mol. The van der Waals surface area contributed by atoms with Crippen molar-refractivity contribution in [3.8, 4) is 0 Å². The molecule has 2 N–H and O–H groups in total. The van der Waals surface area contributed by atoms with Crippen molar-refractivity contribution in [2.24, 2.45) is 0 Å². The summed E-state index contributed by atoms with van der Waals surface area (Å²) < 4.78 is 0. The minimum atomic E-state index is -0.948. The Morgan fingerprint density at radius 2 is 2.00 bits per heavy atom. The number of rotatable bonds is 4. The number of aromatic carboxylic acids is 1. The van der Waals surface area contributed by atoms with Crippen LogP contribution in [0.1, 0.15) is 21.5 Å². The second kappa shape index (κ2) is 6.22. The Kier molecular flexibility index (Phi) is 4.12. The number of hydrogen-bond acceptors (Lipinski definition) is 4. The van der Waals surface area contributed by atoms with Gasteiger partial charge in [-0.2, -0.15) is 0 Å².